The number of hydrogen-bond donors (Lipinski definition) is 0. The van der Waals surface area contributed by atoms with Gasteiger partial charge in [-0.3, -0.25) is 0 Å². The molecule has 2 aromatic rings. The Labute approximate surface area is 129 Å². The van der Waals surface area contributed by atoms with Gasteiger partial charge in [-0.2, -0.15) is 0 Å². The number of hydrogen-bond acceptors (Lipinski definition) is 4. The van der Waals surface area contributed by atoms with E-state index in [0.717, 1.165) is 35.0 Å². The van der Waals surface area contributed by atoms with Crippen LogP contribution in [0.4, 0.5) is 0 Å². The van der Waals surface area contributed by atoms with Crippen LogP contribution >= 0.6 is 0 Å². The lowest BCUT2D eigenvalue weighted by molar-refractivity contribution is 0.207. The zero-order chi connectivity index (χ0) is 15.1. The predicted molar refractivity (Wildman–Crippen MR) is 82.2 cm³/mol. The monoisotopic (exact) mass is 298 g/mol. The van der Waals surface area contributed by atoms with Crippen molar-refractivity contribution in [1.29, 1.82) is 0 Å². The Balaban J connectivity index is 1.77. The number of ether oxygens (including phenoxy) is 4. The molecule has 4 rings (SSSR count). The van der Waals surface area contributed by atoms with E-state index in [-0.39, 0.29) is 6.10 Å². The molecule has 2 unspecified atom stereocenters. The molecule has 2 atom stereocenters. The molecule has 0 amide bonds. The molecule has 0 spiro atoms. The average Bonchev–Trinajstić information content (AvgIpc) is 2.82. The molecule has 0 radical (unpaired) electrons. The molecule has 0 aromatic heterocycles. The topological polar surface area (TPSA) is 36.9 Å². The van der Waals surface area contributed by atoms with Gasteiger partial charge in [0.05, 0.1) is 20.8 Å². The van der Waals surface area contributed by atoms with E-state index < -0.39 is 0 Å². The molecular formula is C18H18O4. The van der Waals surface area contributed by atoms with Gasteiger partial charge in [0.15, 0.2) is 0 Å². The van der Waals surface area contributed by atoms with Crippen molar-refractivity contribution in [3.05, 3.63) is 47.5 Å². The molecule has 22 heavy (non-hydrogen) atoms. The minimum Gasteiger partial charge on any atom is -0.497 e. The molecule has 4 heteroatoms. The normalized spacial score (nSPS) is 21.5. The fourth-order valence-electron chi connectivity index (χ4n) is 3.32. The molecule has 0 aliphatic carbocycles. The van der Waals surface area contributed by atoms with Crippen LogP contribution in [0.3, 0.4) is 0 Å². The minimum atomic E-state index is -0.00878. The van der Waals surface area contributed by atoms with Crippen LogP contribution in [0.15, 0.2) is 36.4 Å². The summed E-state index contributed by atoms with van der Waals surface area (Å²) in [5, 5.41) is 0. The molecule has 2 aliphatic rings. The third-order valence-corrected chi connectivity index (χ3v) is 4.45. The molecule has 114 valence electrons. The highest BCUT2D eigenvalue weighted by molar-refractivity contribution is 5.51. The van der Waals surface area contributed by atoms with Crippen molar-refractivity contribution in [2.45, 2.75) is 18.4 Å². The largest absolute Gasteiger partial charge is 0.497 e. The van der Waals surface area contributed by atoms with E-state index >= 15 is 0 Å². The fraction of sp³-hybridized carbons (Fsp3) is 0.333. The third-order valence-electron chi connectivity index (χ3n) is 4.45. The van der Waals surface area contributed by atoms with Gasteiger partial charge < -0.3 is 18.9 Å². The van der Waals surface area contributed by atoms with Gasteiger partial charge in [0.25, 0.3) is 0 Å². The van der Waals surface area contributed by atoms with E-state index in [0.29, 0.717) is 12.5 Å². The first-order valence-electron chi connectivity index (χ1n) is 7.45. The molecule has 0 saturated carbocycles. The van der Waals surface area contributed by atoms with Crippen LogP contribution in [0.25, 0.3) is 0 Å². The van der Waals surface area contributed by atoms with Crippen molar-refractivity contribution in [1.82, 2.24) is 0 Å². The summed E-state index contributed by atoms with van der Waals surface area (Å²) in [6.45, 7) is 0.668. The van der Waals surface area contributed by atoms with E-state index in [2.05, 4.69) is 6.07 Å². The molecule has 2 heterocycles. The van der Waals surface area contributed by atoms with Crippen LogP contribution in [-0.4, -0.2) is 20.8 Å². The maximum absolute atomic E-state index is 6.21. The van der Waals surface area contributed by atoms with E-state index in [9.17, 15) is 0 Å². The Morgan fingerprint density at radius 3 is 2.50 bits per heavy atom. The minimum absolute atomic E-state index is 0.00878. The number of benzene rings is 2. The Kier molecular flexibility index (Phi) is 3.10. The summed E-state index contributed by atoms with van der Waals surface area (Å²) in [6, 6.07) is 11.9. The Bertz CT molecular complexity index is 710. The Morgan fingerprint density at radius 2 is 1.68 bits per heavy atom. The predicted octanol–water partition coefficient (Wildman–Crippen LogP) is 3.70. The van der Waals surface area contributed by atoms with E-state index in [4.69, 9.17) is 18.9 Å². The zero-order valence-corrected chi connectivity index (χ0v) is 12.7. The van der Waals surface area contributed by atoms with E-state index in [1.807, 2.05) is 30.3 Å². The molecule has 0 bridgehead atoms. The van der Waals surface area contributed by atoms with Crippen molar-refractivity contribution < 1.29 is 18.9 Å². The first-order valence-corrected chi connectivity index (χ1v) is 7.45. The van der Waals surface area contributed by atoms with E-state index in [1.54, 1.807) is 14.2 Å². The quantitative estimate of drug-likeness (QED) is 0.847. The van der Waals surface area contributed by atoms with Crippen molar-refractivity contribution in [2.24, 2.45) is 0 Å². The second-order valence-electron chi connectivity index (χ2n) is 5.59. The summed E-state index contributed by atoms with van der Waals surface area (Å²) < 4.78 is 22.8. The van der Waals surface area contributed by atoms with Gasteiger partial charge in [-0.05, 0) is 36.8 Å². The van der Waals surface area contributed by atoms with Gasteiger partial charge in [-0.15, -0.1) is 0 Å². The Morgan fingerprint density at radius 1 is 0.909 bits per heavy atom. The summed E-state index contributed by atoms with van der Waals surface area (Å²) in [7, 11) is 3.35. The SMILES string of the molecule is COc1ccc2c(c1)OCCC1c3cc(OC)ccc3OC21. The van der Waals surface area contributed by atoms with Crippen molar-refractivity contribution in [3.63, 3.8) is 0 Å². The van der Waals surface area contributed by atoms with Gasteiger partial charge in [0.1, 0.15) is 29.1 Å². The van der Waals surface area contributed by atoms with Crippen molar-refractivity contribution in [2.75, 3.05) is 20.8 Å². The van der Waals surface area contributed by atoms with Crippen LogP contribution in [0.1, 0.15) is 29.6 Å². The number of methoxy groups -OCH3 is 2. The summed E-state index contributed by atoms with van der Waals surface area (Å²) >= 11 is 0. The maximum atomic E-state index is 6.21. The van der Waals surface area contributed by atoms with Crippen molar-refractivity contribution >= 4 is 0 Å². The first-order chi connectivity index (χ1) is 10.8. The second kappa shape index (κ2) is 5.13. The lowest BCUT2D eigenvalue weighted by Gasteiger charge is -2.17. The first kappa shape index (κ1) is 13.3. The van der Waals surface area contributed by atoms with Crippen LogP contribution in [0.2, 0.25) is 0 Å². The lowest BCUT2D eigenvalue weighted by atomic mass is 9.89. The van der Waals surface area contributed by atoms with Crippen molar-refractivity contribution in [3.8, 4) is 23.0 Å². The summed E-state index contributed by atoms with van der Waals surface area (Å²) in [5.74, 6) is 3.75. The lowest BCUT2D eigenvalue weighted by Crippen LogP contribution is -2.09. The Hall–Kier alpha value is -2.36. The third kappa shape index (κ3) is 1.98. The average molecular weight is 298 g/mol. The van der Waals surface area contributed by atoms with E-state index in [1.165, 1.54) is 5.56 Å². The number of fused-ring (bicyclic) bond motifs is 5. The van der Waals surface area contributed by atoms with Crippen LogP contribution in [0, 0.1) is 0 Å². The highest BCUT2D eigenvalue weighted by Gasteiger charge is 2.39. The maximum Gasteiger partial charge on any atom is 0.134 e. The molecule has 2 aliphatic heterocycles. The molecule has 4 nitrogen and oxygen atoms in total. The summed E-state index contributed by atoms with van der Waals surface area (Å²) in [5.41, 5.74) is 2.29. The summed E-state index contributed by atoms with van der Waals surface area (Å²) in [4.78, 5) is 0. The molecule has 2 aromatic carbocycles. The highest BCUT2D eigenvalue weighted by Crippen LogP contribution is 2.52. The van der Waals surface area contributed by atoms with Crippen LogP contribution in [-0.2, 0) is 0 Å². The second-order valence-corrected chi connectivity index (χ2v) is 5.59. The van der Waals surface area contributed by atoms with Gasteiger partial charge in [-0.25, -0.2) is 0 Å². The fourth-order valence-corrected chi connectivity index (χ4v) is 3.32. The highest BCUT2D eigenvalue weighted by atomic mass is 16.5. The number of rotatable bonds is 2. The molecule has 0 N–H and O–H groups in total. The van der Waals surface area contributed by atoms with Crippen LogP contribution < -0.4 is 18.9 Å². The molecule has 0 fully saturated rings. The molecular weight excluding hydrogens is 280 g/mol. The summed E-state index contributed by atoms with van der Waals surface area (Å²) in [6.07, 6.45) is 0.910. The van der Waals surface area contributed by atoms with Crippen LogP contribution in [0.5, 0.6) is 23.0 Å². The molecule has 0 saturated heterocycles. The zero-order valence-electron chi connectivity index (χ0n) is 12.7. The van der Waals surface area contributed by atoms with Gasteiger partial charge in [0.2, 0.25) is 0 Å². The van der Waals surface area contributed by atoms with Gasteiger partial charge in [0, 0.05) is 23.1 Å². The standard InChI is InChI=1S/C18H18O4/c1-19-11-4-6-16-15(9-11)13-7-8-21-17-10-12(20-2)3-5-14(17)18(13)22-16/h3-6,9-10,13,18H,7-8H2,1-2H3. The van der Waals surface area contributed by atoms with Gasteiger partial charge in [-0.1, -0.05) is 0 Å². The smallest absolute Gasteiger partial charge is 0.134 e. The van der Waals surface area contributed by atoms with Gasteiger partial charge >= 0.3 is 0 Å².